The average molecular weight is 801 g/mol. The molecule has 5 aromatic rings. The van der Waals surface area contributed by atoms with E-state index in [-0.39, 0.29) is 54.3 Å². The number of furan rings is 2. The van der Waals surface area contributed by atoms with Crippen molar-refractivity contribution in [2.75, 3.05) is 0 Å². The molecule has 6 heteroatoms. The van der Waals surface area contributed by atoms with E-state index in [2.05, 4.69) is 82.9 Å². The molecule has 46 heavy (non-hydrogen) atoms. The van der Waals surface area contributed by atoms with Crippen molar-refractivity contribution in [3.8, 4) is 11.3 Å². The average Bonchev–Trinajstić information content (AvgIpc) is 3.57. The summed E-state index contributed by atoms with van der Waals surface area (Å²) in [4.78, 5) is 16.4. The molecule has 0 unspecified atom stereocenters. The van der Waals surface area contributed by atoms with Gasteiger partial charge in [0, 0.05) is 61.4 Å². The van der Waals surface area contributed by atoms with Gasteiger partial charge in [0.05, 0.1) is 11.1 Å². The van der Waals surface area contributed by atoms with Crippen LogP contribution in [0.4, 0.5) is 0 Å². The zero-order valence-electron chi connectivity index (χ0n) is 29.1. The van der Waals surface area contributed by atoms with Gasteiger partial charge in [0.25, 0.3) is 0 Å². The molecule has 0 atom stereocenters. The molecule has 5 nitrogen and oxygen atoms in total. The second-order valence-corrected chi connectivity index (χ2v) is 14.1. The summed E-state index contributed by atoms with van der Waals surface area (Å²) in [5.41, 5.74) is 5.24. The number of pyridine rings is 1. The van der Waals surface area contributed by atoms with Gasteiger partial charge in [-0.05, 0) is 37.2 Å². The Labute approximate surface area is 288 Å². The maximum absolute atomic E-state index is 11.7. The van der Waals surface area contributed by atoms with Gasteiger partial charge >= 0.3 is 0 Å². The van der Waals surface area contributed by atoms with Crippen LogP contribution in [0, 0.1) is 17.9 Å². The number of rotatable bonds is 8. The molecule has 5 rings (SSSR count). The number of aliphatic hydroxyl groups is 1. The van der Waals surface area contributed by atoms with Crippen LogP contribution in [0.5, 0.6) is 0 Å². The predicted molar refractivity (Wildman–Crippen MR) is 187 cm³/mol. The van der Waals surface area contributed by atoms with Crippen LogP contribution in [0.25, 0.3) is 44.2 Å². The van der Waals surface area contributed by atoms with Crippen molar-refractivity contribution < 1.29 is 38.8 Å². The fourth-order valence-corrected chi connectivity index (χ4v) is 5.80. The Bertz CT molecular complexity index is 1800. The van der Waals surface area contributed by atoms with E-state index in [1.807, 2.05) is 46.0 Å². The van der Waals surface area contributed by atoms with Crippen LogP contribution in [0.2, 0.25) is 0 Å². The summed E-state index contributed by atoms with van der Waals surface area (Å²) in [6, 6.07) is 18.1. The number of aliphatic hydroxyl groups excluding tert-OH is 1. The Hall–Kier alpha value is -3.21. The standard InChI is InChI=1S/C27H26NO2.C13H24O2.Ir/c1-26(2,3)20-14-17(13-16-9-7-8-10-18(16)20)23-25-19(11-12-28-23)24-21(29-25)15-22(30-24)27(4,5)6;1-5-10(6-2)12(14)9-13(15)11(7-3)8-4;/h7-12,14-15H,1-6H3;9-11,14H,5-8H2,1-4H3;/q-1;;/b;12-9-;. The number of aromatic nitrogens is 1. The minimum absolute atomic E-state index is 0. The summed E-state index contributed by atoms with van der Waals surface area (Å²) < 4.78 is 12.5. The first-order valence-electron chi connectivity index (χ1n) is 16.4. The Kier molecular flexibility index (Phi) is 12.3. The molecule has 0 saturated carbocycles. The monoisotopic (exact) mass is 801 g/mol. The van der Waals surface area contributed by atoms with Crippen molar-refractivity contribution in [3.05, 3.63) is 77.9 Å². The zero-order chi connectivity index (χ0) is 33.1. The number of ketones is 1. The second-order valence-electron chi connectivity index (χ2n) is 14.1. The number of allylic oxidation sites excluding steroid dienone is 2. The predicted octanol–water partition coefficient (Wildman–Crippen LogP) is 11.7. The van der Waals surface area contributed by atoms with Gasteiger partial charge in [-0.2, -0.15) is 0 Å². The van der Waals surface area contributed by atoms with Gasteiger partial charge in [0.15, 0.2) is 16.9 Å². The molecule has 0 spiro atoms. The molecule has 249 valence electrons. The van der Waals surface area contributed by atoms with Gasteiger partial charge in [-0.1, -0.05) is 98.4 Å². The van der Waals surface area contributed by atoms with Crippen LogP contribution in [-0.2, 0) is 35.7 Å². The van der Waals surface area contributed by atoms with E-state index < -0.39 is 0 Å². The van der Waals surface area contributed by atoms with Crippen molar-refractivity contribution >= 4 is 38.7 Å². The molecule has 0 fully saturated rings. The summed E-state index contributed by atoms with van der Waals surface area (Å²) in [5, 5.41) is 13.0. The molecule has 0 aliphatic carbocycles. The fraction of sp³-hybridized carbons (Fsp3) is 0.450. The fourth-order valence-electron chi connectivity index (χ4n) is 5.80. The van der Waals surface area contributed by atoms with Gasteiger partial charge in [0.2, 0.25) is 0 Å². The second kappa shape index (κ2) is 15.1. The van der Waals surface area contributed by atoms with E-state index in [0.29, 0.717) is 0 Å². The number of carbonyl (C=O) groups is 1. The van der Waals surface area contributed by atoms with Crippen molar-refractivity contribution in [1.29, 1.82) is 0 Å². The van der Waals surface area contributed by atoms with Crippen molar-refractivity contribution in [3.63, 3.8) is 0 Å². The van der Waals surface area contributed by atoms with Gasteiger partial charge in [-0.25, -0.2) is 0 Å². The van der Waals surface area contributed by atoms with Crippen LogP contribution in [0.3, 0.4) is 0 Å². The smallest absolute Gasteiger partial charge is 0.179 e. The van der Waals surface area contributed by atoms with E-state index in [1.165, 1.54) is 17.0 Å². The van der Waals surface area contributed by atoms with Crippen molar-refractivity contribution in [2.24, 2.45) is 11.8 Å². The normalized spacial score (nSPS) is 12.6. The third-order valence-electron chi connectivity index (χ3n) is 8.72. The molecular weight excluding hydrogens is 751 g/mol. The van der Waals surface area contributed by atoms with E-state index in [9.17, 15) is 9.90 Å². The maximum atomic E-state index is 11.7. The molecule has 3 heterocycles. The molecule has 0 aliphatic heterocycles. The topological polar surface area (TPSA) is 76.5 Å². The van der Waals surface area contributed by atoms with Gasteiger partial charge in [-0.15, -0.1) is 29.1 Å². The number of fused-ring (bicyclic) bond motifs is 4. The molecule has 0 saturated heterocycles. The molecule has 0 amide bonds. The molecule has 0 aliphatic rings. The molecule has 1 radical (unpaired) electrons. The largest absolute Gasteiger partial charge is 0.512 e. The summed E-state index contributed by atoms with van der Waals surface area (Å²) in [6.45, 7) is 21.2. The van der Waals surface area contributed by atoms with Crippen molar-refractivity contribution in [1.82, 2.24) is 4.98 Å². The molecule has 1 N–H and O–H groups in total. The molecule has 0 bridgehead atoms. The van der Waals surface area contributed by atoms with Gasteiger partial charge in [0.1, 0.15) is 11.3 Å². The van der Waals surface area contributed by atoms with Crippen LogP contribution >= 0.6 is 0 Å². The Morgan fingerprint density at radius 2 is 1.48 bits per heavy atom. The third-order valence-corrected chi connectivity index (χ3v) is 8.72. The first-order valence-corrected chi connectivity index (χ1v) is 16.4. The molecular formula is C40H50IrNO4-. The van der Waals surface area contributed by atoms with E-state index >= 15 is 0 Å². The van der Waals surface area contributed by atoms with E-state index in [4.69, 9.17) is 8.83 Å². The summed E-state index contributed by atoms with van der Waals surface area (Å²) in [7, 11) is 0. The van der Waals surface area contributed by atoms with E-state index in [0.717, 1.165) is 70.2 Å². The minimum Gasteiger partial charge on any atom is -0.512 e. The van der Waals surface area contributed by atoms with Crippen LogP contribution < -0.4 is 0 Å². The summed E-state index contributed by atoms with van der Waals surface area (Å²) >= 11 is 0. The first kappa shape index (κ1) is 37.2. The summed E-state index contributed by atoms with van der Waals surface area (Å²) in [6.07, 6.45) is 6.73. The number of carbonyl (C=O) groups excluding carboxylic acids is 1. The number of hydrogen-bond acceptors (Lipinski definition) is 5. The number of hydrogen-bond donors (Lipinski definition) is 1. The molecule has 2 aromatic carbocycles. The van der Waals surface area contributed by atoms with Crippen molar-refractivity contribution in [2.45, 2.75) is 106 Å². The molecule has 3 aromatic heterocycles. The van der Waals surface area contributed by atoms with Crippen LogP contribution in [0.15, 0.2) is 69.3 Å². The summed E-state index contributed by atoms with van der Waals surface area (Å²) in [5.74, 6) is 1.47. The quantitative estimate of drug-likeness (QED) is 0.0961. The van der Waals surface area contributed by atoms with Gasteiger partial charge < -0.3 is 13.9 Å². The first-order chi connectivity index (χ1) is 21.2. The third kappa shape index (κ3) is 8.01. The Morgan fingerprint density at radius 3 is 2.07 bits per heavy atom. The zero-order valence-corrected chi connectivity index (χ0v) is 31.5. The minimum atomic E-state index is -0.0720. The van der Waals surface area contributed by atoms with Crippen LogP contribution in [0.1, 0.15) is 106 Å². The number of benzene rings is 2. The van der Waals surface area contributed by atoms with Gasteiger partial charge in [-0.3, -0.25) is 9.78 Å². The SMILES string of the molecule is CC(C)(C)c1cc2oc3c(-c4[c-]c5ccccc5c(C(C)(C)C)c4)nccc3c2o1.CCC(CC)C(=O)/C=C(\O)C(CC)CC.[Ir]. The Balaban J connectivity index is 0.000000309. The maximum Gasteiger partial charge on any atom is 0.179 e. The number of nitrogens with zero attached hydrogens (tertiary/aromatic N) is 1. The van der Waals surface area contributed by atoms with E-state index in [1.54, 1.807) is 0 Å². The Morgan fingerprint density at radius 1 is 0.848 bits per heavy atom. The van der Waals surface area contributed by atoms with Crippen LogP contribution in [-0.4, -0.2) is 15.9 Å².